The van der Waals surface area contributed by atoms with Crippen LogP contribution in [0.5, 0.6) is 0 Å². The lowest BCUT2D eigenvalue weighted by molar-refractivity contribution is -0.402. The van der Waals surface area contributed by atoms with Crippen molar-refractivity contribution in [3.8, 4) is 0 Å². The second kappa shape index (κ2) is 8.38. The maximum absolute atomic E-state index is 11.8. The Morgan fingerprint density at radius 1 is 1.23 bits per heavy atom. The van der Waals surface area contributed by atoms with Crippen LogP contribution in [0.1, 0.15) is 23.0 Å². The van der Waals surface area contributed by atoms with Crippen LogP contribution >= 0.6 is 0 Å². The Balaban J connectivity index is 1.87. The molecule has 2 rings (SSSR count). The molecule has 26 heavy (non-hydrogen) atoms. The van der Waals surface area contributed by atoms with E-state index in [9.17, 15) is 24.5 Å². The second-order valence-corrected chi connectivity index (χ2v) is 5.02. The van der Waals surface area contributed by atoms with Crippen LogP contribution in [0.25, 0.3) is 6.08 Å². The standard InChI is InChI=1S/C17H14N2O7/c1-11(20)13-4-2-3-5-14(13)18-15(21)10-25-17(22)9-7-12-6-8-16(26-12)19(23)24/h2-9H,10H2,1H3,(H,18,21)/b9-7+. The van der Waals surface area contributed by atoms with E-state index < -0.39 is 29.3 Å². The van der Waals surface area contributed by atoms with Crippen molar-refractivity contribution >= 4 is 35.3 Å². The van der Waals surface area contributed by atoms with Gasteiger partial charge in [0.25, 0.3) is 5.91 Å². The van der Waals surface area contributed by atoms with Gasteiger partial charge in [-0.1, -0.05) is 12.1 Å². The quantitative estimate of drug-likeness (QED) is 0.265. The number of ether oxygens (including phenoxy) is 1. The van der Waals surface area contributed by atoms with E-state index in [0.717, 1.165) is 12.1 Å². The van der Waals surface area contributed by atoms with Gasteiger partial charge in [0.1, 0.15) is 10.7 Å². The van der Waals surface area contributed by atoms with Crippen LogP contribution < -0.4 is 5.32 Å². The van der Waals surface area contributed by atoms with Crippen LogP contribution in [0.2, 0.25) is 0 Å². The summed E-state index contributed by atoms with van der Waals surface area (Å²) in [6.07, 6.45) is 2.15. The molecular formula is C17H14N2O7. The number of carbonyl (C=O) groups excluding carboxylic acids is 3. The maximum Gasteiger partial charge on any atom is 0.433 e. The molecule has 0 radical (unpaired) electrons. The molecule has 0 atom stereocenters. The normalized spacial score (nSPS) is 10.5. The number of furan rings is 1. The van der Waals surface area contributed by atoms with Gasteiger partial charge < -0.3 is 14.5 Å². The third kappa shape index (κ3) is 5.13. The summed E-state index contributed by atoms with van der Waals surface area (Å²) in [5, 5.41) is 13.0. The molecule has 2 aromatic rings. The maximum atomic E-state index is 11.8. The first kappa shape index (κ1) is 18.6. The molecule has 0 fully saturated rings. The molecule has 1 aromatic heterocycles. The summed E-state index contributed by atoms with van der Waals surface area (Å²) in [5.41, 5.74) is 0.658. The number of nitro groups is 1. The van der Waals surface area contributed by atoms with E-state index in [2.05, 4.69) is 5.32 Å². The van der Waals surface area contributed by atoms with Gasteiger partial charge in [-0.15, -0.1) is 0 Å². The van der Waals surface area contributed by atoms with Crippen molar-refractivity contribution in [3.05, 3.63) is 63.9 Å². The van der Waals surface area contributed by atoms with Crippen molar-refractivity contribution in [1.29, 1.82) is 0 Å². The molecule has 1 heterocycles. The predicted octanol–water partition coefficient (Wildman–Crippen LogP) is 2.59. The van der Waals surface area contributed by atoms with E-state index in [1.807, 2.05) is 0 Å². The molecule has 9 nitrogen and oxygen atoms in total. The zero-order valence-corrected chi connectivity index (χ0v) is 13.6. The van der Waals surface area contributed by atoms with Gasteiger partial charge in [-0.05, 0) is 31.2 Å². The van der Waals surface area contributed by atoms with Crippen LogP contribution in [0.15, 0.2) is 46.9 Å². The van der Waals surface area contributed by atoms with Crippen molar-refractivity contribution in [2.45, 2.75) is 6.92 Å². The number of amides is 1. The number of nitrogens with zero attached hydrogens (tertiary/aromatic N) is 1. The third-order valence-corrected chi connectivity index (χ3v) is 3.10. The minimum Gasteiger partial charge on any atom is -0.452 e. The van der Waals surface area contributed by atoms with Crippen LogP contribution in [-0.4, -0.2) is 29.2 Å². The summed E-state index contributed by atoms with van der Waals surface area (Å²) >= 11 is 0. The number of Topliss-reactive ketones (excluding diaryl/α,β-unsaturated/α-hetero) is 1. The molecule has 0 bridgehead atoms. The molecule has 0 aliphatic carbocycles. The minimum atomic E-state index is -0.834. The summed E-state index contributed by atoms with van der Waals surface area (Å²) in [4.78, 5) is 44.6. The van der Waals surface area contributed by atoms with E-state index in [4.69, 9.17) is 9.15 Å². The first-order valence-corrected chi connectivity index (χ1v) is 7.35. The van der Waals surface area contributed by atoms with Crippen molar-refractivity contribution in [1.82, 2.24) is 0 Å². The highest BCUT2D eigenvalue weighted by Gasteiger charge is 2.12. The molecule has 1 amide bonds. The molecule has 0 spiro atoms. The Morgan fingerprint density at radius 2 is 1.96 bits per heavy atom. The van der Waals surface area contributed by atoms with E-state index in [1.54, 1.807) is 24.3 Å². The van der Waals surface area contributed by atoms with Crippen LogP contribution in [0.4, 0.5) is 11.6 Å². The van der Waals surface area contributed by atoms with E-state index >= 15 is 0 Å². The molecule has 0 saturated carbocycles. The summed E-state index contributed by atoms with van der Waals surface area (Å²) < 4.78 is 9.58. The molecule has 1 aromatic carbocycles. The SMILES string of the molecule is CC(=O)c1ccccc1NC(=O)COC(=O)/C=C/c1ccc([N+](=O)[O-])o1. The number of anilines is 1. The summed E-state index contributed by atoms with van der Waals surface area (Å²) in [6, 6.07) is 8.89. The lowest BCUT2D eigenvalue weighted by atomic mass is 10.1. The van der Waals surface area contributed by atoms with Crippen molar-refractivity contribution in [3.63, 3.8) is 0 Å². The Bertz CT molecular complexity index is 883. The van der Waals surface area contributed by atoms with Gasteiger partial charge in [-0.2, -0.15) is 0 Å². The molecule has 0 unspecified atom stereocenters. The number of hydrogen-bond acceptors (Lipinski definition) is 7. The molecule has 1 N–H and O–H groups in total. The van der Waals surface area contributed by atoms with Gasteiger partial charge in [0, 0.05) is 11.6 Å². The first-order valence-electron chi connectivity index (χ1n) is 7.35. The first-order chi connectivity index (χ1) is 12.4. The fourth-order valence-corrected chi connectivity index (χ4v) is 1.95. The van der Waals surface area contributed by atoms with Crippen molar-refractivity contribution < 1.29 is 28.5 Å². The number of hydrogen-bond donors (Lipinski definition) is 1. The Labute approximate surface area is 147 Å². The molecule has 0 saturated heterocycles. The van der Waals surface area contributed by atoms with Gasteiger partial charge >= 0.3 is 11.9 Å². The molecular weight excluding hydrogens is 344 g/mol. The van der Waals surface area contributed by atoms with Crippen LogP contribution in [0, 0.1) is 10.1 Å². The number of benzene rings is 1. The largest absolute Gasteiger partial charge is 0.452 e. The summed E-state index contributed by atoms with van der Waals surface area (Å²) in [6.45, 7) is 0.808. The van der Waals surface area contributed by atoms with Gasteiger partial charge in [0.2, 0.25) is 0 Å². The highest BCUT2D eigenvalue weighted by Crippen LogP contribution is 2.17. The number of rotatable bonds is 7. The van der Waals surface area contributed by atoms with Crippen LogP contribution in [0.3, 0.4) is 0 Å². The third-order valence-electron chi connectivity index (χ3n) is 3.10. The van der Waals surface area contributed by atoms with E-state index in [1.165, 1.54) is 19.1 Å². The van der Waals surface area contributed by atoms with Crippen LogP contribution in [-0.2, 0) is 14.3 Å². The molecule has 0 aliphatic rings. The molecule has 0 aliphatic heterocycles. The number of esters is 1. The fraction of sp³-hybridized carbons (Fsp3) is 0.118. The fourth-order valence-electron chi connectivity index (χ4n) is 1.95. The highest BCUT2D eigenvalue weighted by atomic mass is 16.6. The van der Waals surface area contributed by atoms with Crippen molar-refractivity contribution in [2.75, 3.05) is 11.9 Å². The van der Waals surface area contributed by atoms with E-state index in [0.29, 0.717) is 11.3 Å². The van der Waals surface area contributed by atoms with Gasteiger partial charge in [-0.3, -0.25) is 19.7 Å². The van der Waals surface area contributed by atoms with Gasteiger partial charge in [-0.25, -0.2) is 4.79 Å². The molecule has 9 heteroatoms. The van der Waals surface area contributed by atoms with Gasteiger partial charge in [0.15, 0.2) is 12.4 Å². The lowest BCUT2D eigenvalue weighted by Gasteiger charge is -2.08. The Morgan fingerprint density at radius 3 is 2.62 bits per heavy atom. The van der Waals surface area contributed by atoms with Crippen molar-refractivity contribution in [2.24, 2.45) is 0 Å². The zero-order valence-electron chi connectivity index (χ0n) is 13.6. The summed E-state index contributed by atoms with van der Waals surface area (Å²) in [7, 11) is 0. The van der Waals surface area contributed by atoms with Gasteiger partial charge in [0.05, 0.1) is 11.8 Å². The molecule has 134 valence electrons. The number of ketones is 1. The van der Waals surface area contributed by atoms with E-state index in [-0.39, 0.29) is 11.5 Å². The number of carbonyl (C=O) groups is 3. The average molecular weight is 358 g/mol. The Hall–Kier alpha value is -3.75. The topological polar surface area (TPSA) is 129 Å². The zero-order chi connectivity index (χ0) is 19.1. The smallest absolute Gasteiger partial charge is 0.433 e. The summed E-state index contributed by atoms with van der Waals surface area (Å²) in [5.74, 6) is -2.03. The number of para-hydroxylation sites is 1. The lowest BCUT2D eigenvalue weighted by Crippen LogP contribution is -2.21. The average Bonchev–Trinajstić information content (AvgIpc) is 3.08. The Kier molecular flexibility index (Phi) is 5.99. The minimum absolute atomic E-state index is 0.0912. The monoisotopic (exact) mass is 358 g/mol. The second-order valence-electron chi connectivity index (χ2n) is 5.02. The predicted molar refractivity (Wildman–Crippen MR) is 90.4 cm³/mol. The number of nitrogens with one attached hydrogen (secondary N) is 1. The highest BCUT2D eigenvalue weighted by molar-refractivity contribution is 6.04.